The Bertz CT molecular complexity index is 1270. The fourth-order valence-electron chi connectivity index (χ4n) is 4.29. The molecule has 10 heteroatoms. The van der Waals surface area contributed by atoms with Crippen LogP contribution in [0.15, 0.2) is 84.1 Å². The van der Waals surface area contributed by atoms with Gasteiger partial charge in [-0.1, -0.05) is 30.4 Å². The van der Waals surface area contributed by atoms with E-state index < -0.39 is 5.97 Å². The van der Waals surface area contributed by atoms with Gasteiger partial charge in [-0.2, -0.15) is 0 Å². The van der Waals surface area contributed by atoms with E-state index in [1.165, 1.54) is 12.1 Å². The number of hydrogen-bond acceptors (Lipinski definition) is 7. The largest absolute Gasteiger partial charge is 0.508 e. The maximum absolute atomic E-state index is 12.5. The van der Waals surface area contributed by atoms with E-state index in [9.17, 15) is 19.5 Å². The van der Waals surface area contributed by atoms with E-state index >= 15 is 0 Å². The third-order valence-electron chi connectivity index (χ3n) is 6.56. The third kappa shape index (κ3) is 10.8. The standard InChI is InChI=1S/C18H20N2O3.C11H16N2O.C3H6O2/c1-3-5-9-16-13(4-2)10-11-20(16)18(23)19-15-8-6-7-14(12-15)17(21)22;1-12-5-7-13(8-6-12)10-3-2-4-11(14)9-10;1-2-5-3-4/h3-9,12H,10-11H2,1-2H3,(H,19,23)(H,21,22);2-4,9,14H,5-8H2,1H3;3H,2H2,1H3/b5-3+,13-4-,16-9+;;. The van der Waals surface area contributed by atoms with E-state index in [0.29, 0.717) is 31.1 Å². The maximum Gasteiger partial charge on any atom is 0.335 e. The van der Waals surface area contributed by atoms with Crippen LogP contribution in [0.3, 0.4) is 0 Å². The lowest BCUT2D eigenvalue weighted by atomic mass is 10.1. The molecule has 3 N–H and O–H groups in total. The van der Waals surface area contributed by atoms with Crippen molar-refractivity contribution in [2.45, 2.75) is 27.2 Å². The number of hydrogen-bond donors (Lipinski definition) is 3. The lowest BCUT2D eigenvalue weighted by Gasteiger charge is -2.34. The molecular formula is C32H42N4O6. The quantitative estimate of drug-likeness (QED) is 0.392. The second-order valence-electron chi connectivity index (χ2n) is 9.47. The van der Waals surface area contributed by atoms with Gasteiger partial charge in [0.2, 0.25) is 0 Å². The Morgan fingerprint density at radius 3 is 2.31 bits per heavy atom. The lowest BCUT2D eigenvalue weighted by molar-refractivity contribution is -0.128. The molecule has 0 spiro atoms. The van der Waals surface area contributed by atoms with E-state index in [1.54, 1.807) is 30.0 Å². The number of benzene rings is 2. The number of ether oxygens (including phenoxy) is 1. The van der Waals surface area contributed by atoms with E-state index in [-0.39, 0.29) is 11.6 Å². The SMILES string of the molecule is C/C=C1/CCN(C(=O)Nc2cccc(C(=O)O)c2)/C1=C/C=C/C.CCOC=O.CN1CCN(c2cccc(O)c2)CC1. The topological polar surface area (TPSA) is 123 Å². The summed E-state index contributed by atoms with van der Waals surface area (Å²) in [6, 6.07) is 13.4. The molecule has 42 heavy (non-hydrogen) atoms. The summed E-state index contributed by atoms with van der Waals surface area (Å²) in [7, 11) is 2.14. The number of rotatable bonds is 6. The number of aromatic hydroxyl groups is 1. The fraction of sp³-hybridized carbons (Fsp3) is 0.344. The molecule has 0 aromatic heterocycles. The predicted octanol–water partition coefficient (Wildman–Crippen LogP) is 5.35. The van der Waals surface area contributed by atoms with Crippen molar-refractivity contribution in [3.63, 3.8) is 0 Å². The van der Waals surface area contributed by atoms with Crippen LogP contribution in [0.25, 0.3) is 0 Å². The minimum absolute atomic E-state index is 0.142. The van der Waals surface area contributed by atoms with Crippen LogP contribution in [0, 0.1) is 0 Å². The number of carboxylic acid groups (broad SMARTS) is 1. The molecule has 2 fully saturated rings. The average molecular weight is 579 g/mol. The number of carbonyl (C=O) groups is 3. The molecule has 2 amide bonds. The van der Waals surface area contributed by atoms with Gasteiger partial charge in [-0.3, -0.25) is 9.69 Å². The lowest BCUT2D eigenvalue weighted by Crippen LogP contribution is -2.44. The van der Waals surface area contributed by atoms with E-state index in [0.717, 1.165) is 49.6 Å². The first-order valence-electron chi connectivity index (χ1n) is 13.9. The molecular weight excluding hydrogens is 536 g/mol. The van der Waals surface area contributed by atoms with Gasteiger partial charge < -0.3 is 30.1 Å². The molecule has 0 radical (unpaired) electrons. The van der Waals surface area contributed by atoms with Crippen molar-refractivity contribution in [3.05, 3.63) is 89.7 Å². The van der Waals surface area contributed by atoms with Gasteiger partial charge in [0.1, 0.15) is 5.75 Å². The number of aromatic carboxylic acids is 1. The number of anilines is 2. The Morgan fingerprint density at radius 2 is 1.74 bits per heavy atom. The van der Waals surface area contributed by atoms with Crippen LogP contribution in [0.1, 0.15) is 37.6 Å². The molecule has 2 aromatic carbocycles. The van der Waals surface area contributed by atoms with Crippen LogP contribution in [0.2, 0.25) is 0 Å². The molecule has 226 valence electrons. The Kier molecular flexibility index (Phi) is 14.4. The maximum atomic E-state index is 12.5. The van der Waals surface area contributed by atoms with Crippen LogP contribution in [0.4, 0.5) is 16.2 Å². The molecule has 0 bridgehead atoms. The van der Waals surface area contributed by atoms with Crippen LogP contribution in [0.5, 0.6) is 5.75 Å². The van der Waals surface area contributed by atoms with Gasteiger partial charge >= 0.3 is 12.0 Å². The minimum Gasteiger partial charge on any atom is -0.508 e. The zero-order chi connectivity index (χ0) is 30.9. The van der Waals surface area contributed by atoms with Crippen LogP contribution in [-0.4, -0.2) is 84.9 Å². The van der Waals surface area contributed by atoms with Crippen molar-refractivity contribution in [3.8, 4) is 5.75 Å². The Labute approximate surface area is 248 Å². The molecule has 2 aliphatic heterocycles. The number of carbonyl (C=O) groups excluding carboxylic acids is 2. The highest BCUT2D eigenvalue weighted by atomic mass is 16.5. The molecule has 0 saturated carbocycles. The van der Waals surface area contributed by atoms with E-state index in [2.05, 4.69) is 26.9 Å². The number of nitrogens with zero attached hydrogens (tertiary/aromatic N) is 3. The summed E-state index contributed by atoms with van der Waals surface area (Å²) in [5.41, 5.74) is 3.73. The first-order chi connectivity index (χ1) is 20.2. The number of phenolic OH excluding ortho intramolecular Hbond substituents is 1. The number of allylic oxidation sites excluding steroid dienone is 5. The Morgan fingerprint density at radius 1 is 1.02 bits per heavy atom. The molecule has 2 heterocycles. The third-order valence-corrected chi connectivity index (χ3v) is 6.56. The van der Waals surface area contributed by atoms with Crippen molar-refractivity contribution in [2.24, 2.45) is 0 Å². The van der Waals surface area contributed by atoms with E-state index in [4.69, 9.17) is 5.11 Å². The first kappa shape index (κ1) is 33.6. The molecule has 2 saturated heterocycles. The zero-order valence-corrected chi connectivity index (χ0v) is 24.8. The van der Waals surface area contributed by atoms with Gasteiger partial charge in [-0.25, -0.2) is 9.59 Å². The molecule has 2 aromatic rings. The summed E-state index contributed by atoms with van der Waals surface area (Å²) < 4.78 is 4.15. The van der Waals surface area contributed by atoms with Gasteiger partial charge in [0.25, 0.3) is 6.47 Å². The van der Waals surface area contributed by atoms with E-state index in [1.807, 2.05) is 56.4 Å². The highest BCUT2D eigenvalue weighted by Gasteiger charge is 2.26. The first-order valence-corrected chi connectivity index (χ1v) is 13.9. The summed E-state index contributed by atoms with van der Waals surface area (Å²) in [4.78, 5) is 39.0. The van der Waals surface area contributed by atoms with Crippen molar-refractivity contribution >= 4 is 29.8 Å². The van der Waals surface area contributed by atoms with Gasteiger partial charge in [0.05, 0.1) is 12.2 Å². The molecule has 0 aliphatic carbocycles. The number of likely N-dealkylation sites (N-methyl/N-ethyl adjacent to an activating group) is 1. The highest BCUT2D eigenvalue weighted by molar-refractivity contribution is 5.94. The molecule has 0 atom stereocenters. The summed E-state index contributed by atoms with van der Waals surface area (Å²) in [6.07, 6.45) is 8.53. The highest BCUT2D eigenvalue weighted by Crippen LogP contribution is 2.28. The summed E-state index contributed by atoms with van der Waals surface area (Å²) in [5, 5.41) is 21.1. The molecule has 0 unspecified atom stereocenters. The van der Waals surface area contributed by atoms with Gasteiger partial charge in [-0.05, 0) is 76.2 Å². The fourth-order valence-corrected chi connectivity index (χ4v) is 4.29. The Hall–Kier alpha value is -4.57. The van der Waals surface area contributed by atoms with Crippen LogP contribution in [-0.2, 0) is 9.53 Å². The minimum atomic E-state index is -1.02. The van der Waals surface area contributed by atoms with Crippen molar-refractivity contribution in [2.75, 3.05) is 56.6 Å². The average Bonchev–Trinajstić information content (AvgIpc) is 3.41. The molecule has 4 rings (SSSR count). The van der Waals surface area contributed by atoms with Crippen LogP contribution >= 0.6 is 0 Å². The number of phenols is 1. The number of carboxylic acids is 1. The molecule has 2 aliphatic rings. The van der Waals surface area contributed by atoms with Crippen molar-refractivity contribution < 1.29 is 29.3 Å². The predicted molar refractivity (Wildman–Crippen MR) is 166 cm³/mol. The molecule has 10 nitrogen and oxygen atoms in total. The Balaban J connectivity index is 0.000000273. The van der Waals surface area contributed by atoms with Crippen LogP contribution < -0.4 is 10.2 Å². The van der Waals surface area contributed by atoms with Gasteiger partial charge in [0, 0.05) is 55.9 Å². The van der Waals surface area contributed by atoms with Crippen molar-refractivity contribution in [1.29, 1.82) is 0 Å². The monoisotopic (exact) mass is 578 g/mol. The number of piperazine rings is 1. The van der Waals surface area contributed by atoms with Gasteiger partial charge in [-0.15, -0.1) is 0 Å². The summed E-state index contributed by atoms with van der Waals surface area (Å²) in [6.45, 7) is 11.4. The van der Waals surface area contributed by atoms with Gasteiger partial charge in [0.15, 0.2) is 0 Å². The number of likely N-dealkylation sites (tertiary alicyclic amines) is 1. The summed E-state index contributed by atoms with van der Waals surface area (Å²) >= 11 is 0. The number of urea groups is 1. The number of amides is 2. The van der Waals surface area contributed by atoms with Crippen molar-refractivity contribution in [1.82, 2.24) is 9.80 Å². The smallest absolute Gasteiger partial charge is 0.335 e. The second-order valence-corrected chi connectivity index (χ2v) is 9.47. The normalized spacial score (nSPS) is 16.9. The zero-order valence-electron chi connectivity index (χ0n) is 24.8. The second kappa shape index (κ2) is 18.0. The number of nitrogens with one attached hydrogen (secondary N) is 1. The summed E-state index contributed by atoms with van der Waals surface area (Å²) in [5.74, 6) is -0.673.